The number of halogens is 1. The molecule has 88 valence electrons. The largest absolute Gasteiger partial charge is 0.298 e. The van der Waals surface area contributed by atoms with Crippen molar-refractivity contribution in [3.05, 3.63) is 53.8 Å². The summed E-state index contributed by atoms with van der Waals surface area (Å²) in [7, 11) is 0. The molecule has 0 saturated carbocycles. The molecule has 0 amide bonds. The van der Waals surface area contributed by atoms with E-state index in [0.717, 1.165) is 17.2 Å². The smallest absolute Gasteiger partial charge is 0.150 e. The number of aldehydes is 1. The number of aromatic amines is 1. The zero-order chi connectivity index (χ0) is 12.5. The van der Waals surface area contributed by atoms with Gasteiger partial charge in [0.2, 0.25) is 0 Å². The SMILES string of the molecule is O=Cc1ccc2[nH]nc(-c3ccccc3F)c2c1. The fraction of sp³-hybridized carbons (Fsp3) is 0. The van der Waals surface area contributed by atoms with Crippen molar-refractivity contribution < 1.29 is 9.18 Å². The highest BCUT2D eigenvalue weighted by molar-refractivity contribution is 5.96. The zero-order valence-electron chi connectivity index (χ0n) is 9.35. The lowest BCUT2D eigenvalue weighted by atomic mass is 10.1. The average Bonchev–Trinajstić information content (AvgIpc) is 2.82. The third kappa shape index (κ3) is 1.59. The molecule has 1 N–H and O–H groups in total. The number of carbonyl (C=O) groups excluding carboxylic acids is 1. The third-order valence-electron chi connectivity index (χ3n) is 2.85. The van der Waals surface area contributed by atoms with Crippen LogP contribution in [0.25, 0.3) is 22.2 Å². The second kappa shape index (κ2) is 4.07. The van der Waals surface area contributed by atoms with Gasteiger partial charge in [-0.25, -0.2) is 4.39 Å². The number of hydrogen-bond acceptors (Lipinski definition) is 2. The van der Waals surface area contributed by atoms with Gasteiger partial charge in [-0.3, -0.25) is 9.89 Å². The van der Waals surface area contributed by atoms with Crippen molar-refractivity contribution in [2.45, 2.75) is 0 Å². The molecule has 3 aromatic rings. The minimum atomic E-state index is -0.331. The van der Waals surface area contributed by atoms with Crippen LogP contribution in [0, 0.1) is 5.82 Å². The molecule has 3 nitrogen and oxygen atoms in total. The topological polar surface area (TPSA) is 45.8 Å². The van der Waals surface area contributed by atoms with Crippen molar-refractivity contribution in [3.63, 3.8) is 0 Å². The molecule has 1 aromatic heterocycles. The van der Waals surface area contributed by atoms with E-state index in [4.69, 9.17) is 0 Å². The van der Waals surface area contributed by atoms with E-state index in [-0.39, 0.29) is 5.82 Å². The Bertz CT molecular complexity index is 733. The first-order valence-corrected chi connectivity index (χ1v) is 5.48. The van der Waals surface area contributed by atoms with Crippen LogP contribution in [-0.4, -0.2) is 16.5 Å². The van der Waals surface area contributed by atoms with Gasteiger partial charge in [0, 0.05) is 16.5 Å². The van der Waals surface area contributed by atoms with Crippen LogP contribution >= 0.6 is 0 Å². The van der Waals surface area contributed by atoms with Crippen LogP contribution in [-0.2, 0) is 0 Å². The highest BCUT2D eigenvalue weighted by atomic mass is 19.1. The summed E-state index contributed by atoms with van der Waals surface area (Å²) in [6, 6.07) is 11.6. The third-order valence-corrected chi connectivity index (χ3v) is 2.85. The predicted molar refractivity (Wildman–Crippen MR) is 66.9 cm³/mol. The molecular formula is C14H9FN2O. The number of carbonyl (C=O) groups is 1. The predicted octanol–water partition coefficient (Wildman–Crippen LogP) is 3.18. The quantitative estimate of drug-likeness (QED) is 0.699. The van der Waals surface area contributed by atoms with Crippen LogP contribution in [0.4, 0.5) is 4.39 Å². The lowest BCUT2D eigenvalue weighted by Gasteiger charge is -1.99. The number of rotatable bonds is 2. The molecule has 3 rings (SSSR count). The zero-order valence-corrected chi connectivity index (χ0v) is 9.35. The van der Waals surface area contributed by atoms with Gasteiger partial charge in [0.05, 0.1) is 5.52 Å². The van der Waals surface area contributed by atoms with Gasteiger partial charge in [0.25, 0.3) is 0 Å². The van der Waals surface area contributed by atoms with Crippen LogP contribution < -0.4 is 0 Å². The summed E-state index contributed by atoms with van der Waals surface area (Å²) in [4.78, 5) is 10.8. The van der Waals surface area contributed by atoms with Crippen molar-refractivity contribution in [2.75, 3.05) is 0 Å². The van der Waals surface area contributed by atoms with Gasteiger partial charge < -0.3 is 0 Å². The summed E-state index contributed by atoms with van der Waals surface area (Å²) in [5.41, 5.74) is 2.26. The number of benzene rings is 2. The summed E-state index contributed by atoms with van der Waals surface area (Å²) >= 11 is 0. The van der Waals surface area contributed by atoms with Gasteiger partial charge in [-0.15, -0.1) is 0 Å². The maximum atomic E-state index is 13.7. The second-order valence-electron chi connectivity index (χ2n) is 3.97. The Labute approximate surface area is 102 Å². The number of nitrogens with zero attached hydrogens (tertiary/aromatic N) is 1. The molecule has 1 heterocycles. The van der Waals surface area contributed by atoms with Gasteiger partial charge >= 0.3 is 0 Å². The Kier molecular flexibility index (Phi) is 2.41. The lowest BCUT2D eigenvalue weighted by Crippen LogP contribution is -1.85. The highest BCUT2D eigenvalue weighted by Crippen LogP contribution is 2.28. The van der Waals surface area contributed by atoms with Gasteiger partial charge in [-0.2, -0.15) is 5.10 Å². The molecule has 0 unspecified atom stereocenters. The van der Waals surface area contributed by atoms with Crippen molar-refractivity contribution in [1.29, 1.82) is 0 Å². The Morgan fingerprint density at radius 1 is 1.17 bits per heavy atom. The molecule has 18 heavy (non-hydrogen) atoms. The van der Waals surface area contributed by atoms with Crippen LogP contribution in [0.3, 0.4) is 0 Å². The summed E-state index contributed by atoms with van der Waals surface area (Å²) in [5, 5.41) is 7.69. The standard InChI is InChI=1S/C14H9FN2O/c15-12-4-2-1-3-10(12)14-11-7-9(8-18)5-6-13(11)16-17-14/h1-8H,(H,16,17). The first-order chi connectivity index (χ1) is 8.79. The van der Waals surface area contributed by atoms with E-state index < -0.39 is 0 Å². The maximum Gasteiger partial charge on any atom is 0.150 e. The summed E-state index contributed by atoms with van der Waals surface area (Å²) in [5.74, 6) is -0.331. The second-order valence-corrected chi connectivity index (χ2v) is 3.97. The number of H-pyrrole nitrogens is 1. The van der Waals surface area contributed by atoms with E-state index in [1.54, 1.807) is 36.4 Å². The number of nitrogens with one attached hydrogen (secondary N) is 1. The molecule has 0 saturated heterocycles. The Morgan fingerprint density at radius 3 is 2.78 bits per heavy atom. The molecule has 0 spiro atoms. The van der Waals surface area contributed by atoms with Crippen LogP contribution in [0.15, 0.2) is 42.5 Å². The Balaban J connectivity index is 2.29. The van der Waals surface area contributed by atoms with Crippen LogP contribution in [0.2, 0.25) is 0 Å². The highest BCUT2D eigenvalue weighted by Gasteiger charge is 2.12. The van der Waals surface area contributed by atoms with Gasteiger partial charge in [-0.05, 0) is 30.3 Å². The fourth-order valence-electron chi connectivity index (χ4n) is 1.96. The van der Waals surface area contributed by atoms with E-state index in [1.807, 2.05) is 0 Å². The molecule has 0 aliphatic carbocycles. The molecule has 0 aliphatic heterocycles. The lowest BCUT2D eigenvalue weighted by molar-refractivity contribution is 0.112. The molecular weight excluding hydrogens is 231 g/mol. The van der Waals surface area contributed by atoms with E-state index in [2.05, 4.69) is 10.2 Å². The van der Waals surface area contributed by atoms with Crippen molar-refractivity contribution in [3.8, 4) is 11.3 Å². The van der Waals surface area contributed by atoms with Gasteiger partial charge in [-0.1, -0.05) is 12.1 Å². The fourth-order valence-corrected chi connectivity index (χ4v) is 1.96. The number of aromatic nitrogens is 2. The molecule has 0 aliphatic rings. The maximum absolute atomic E-state index is 13.7. The monoisotopic (exact) mass is 240 g/mol. The Morgan fingerprint density at radius 2 is 2.00 bits per heavy atom. The molecule has 2 aromatic carbocycles. The normalized spacial score (nSPS) is 10.7. The van der Waals surface area contributed by atoms with E-state index in [9.17, 15) is 9.18 Å². The van der Waals surface area contributed by atoms with Crippen LogP contribution in [0.5, 0.6) is 0 Å². The first-order valence-electron chi connectivity index (χ1n) is 5.48. The molecule has 0 fully saturated rings. The molecule has 0 bridgehead atoms. The minimum absolute atomic E-state index is 0.331. The molecule has 0 atom stereocenters. The number of fused-ring (bicyclic) bond motifs is 1. The average molecular weight is 240 g/mol. The van der Waals surface area contributed by atoms with E-state index >= 15 is 0 Å². The minimum Gasteiger partial charge on any atom is -0.298 e. The van der Waals surface area contributed by atoms with Crippen molar-refractivity contribution >= 4 is 17.2 Å². The van der Waals surface area contributed by atoms with Crippen LogP contribution in [0.1, 0.15) is 10.4 Å². The van der Waals surface area contributed by atoms with Gasteiger partial charge in [0.1, 0.15) is 17.8 Å². The number of hydrogen-bond donors (Lipinski definition) is 1. The van der Waals surface area contributed by atoms with E-state index in [0.29, 0.717) is 16.8 Å². The Hall–Kier alpha value is -2.49. The first kappa shape index (κ1) is 10.7. The van der Waals surface area contributed by atoms with Crippen molar-refractivity contribution in [2.24, 2.45) is 0 Å². The molecule has 4 heteroatoms. The summed E-state index contributed by atoms with van der Waals surface area (Å²) in [6.07, 6.45) is 0.761. The van der Waals surface area contributed by atoms with Crippen molar-refractivity contribution in [1.82, 2.24) is 10.2 Å². The summed E-state index contributed by atoms with van der Waals surface area (Å²) < 4.78 is 13.7. The molecule has 0 radical (unpaired) electrons. The summed E-state index contributed by atoms with van der Waals surface area (Å²) in [6.45, 7) is 0. The van der Waals surface area contributed by atoms with Gasteiger partial charge in [0.15, 0.2) is 0 Å². The van der Waals surface area contributed by atoms with E-state index in [1.165, 1.54) is 6.07 Å².